The minimum Gasteiger partial charge on any atom is -0.497 e. The van der Waals surface area contributed by atoms with Crippen molar-refractivity contribution in [3.05, 3.63) is 58.1 Å². The molecule has 5 rings (SSSR count). The number of fused-ring (bicyclic) bond motifs is 4. The molecule has 0 bridgehead atoms. The van der Waals surface area contributed by atoms with Crippen LogP contribution in [0.4, 0.5) is 0 Å². The highest BCUT2D eigenvalue weighted by Gasteiger charge is 2.51. The third kappa shape index (κ3) is 2.90. The molecule has 6 heteroatoms. The van der Waals surface area contributed by atoms with Gasteiger partial charge >= 0.3 is 0 Å². The van der Waals surface area contributed by atoms with Crippen LogP contribution in [0.1, 0.15) is 36.4 Å². The smallest absolute Gasteiger partial charge is 0.200 e. The van der Waals surface area contributed by atoms with E-state index in [0.29, 0.717) is 0 Å². The fourth-order valence-corrected chi connectivity index (χ4v) is 4.89. The third-order valence-electron chi connectivity index (χ3n) is 6.15. The molecule has 1 atom stereocenters. The molecule has 0 radical (unpaired) electrons. The van der Waals surface area contributed by atoms with E-state index in [2.05, 4.69) is 63.2 Å². The lowest BCUT2D eigenvalue weighted by molar-refractivity contribution is -0.147. The van der Waals surface area contributed by atoms with Crippen molar-refractivity contribution in [1.82, 2.24) is 9.91 Å². The molecule has 1 unspecified atom stereocenters. The molecule has 146 valence electrons. The van der Waals surface area contributed by atoms with Crippen LogP contribution < -0.4 is 9.47 Å². The van der Waals surface area contributed by atoms with Gasteiger partial charge in [0.15, 0.2) is 0 Å². The molecule has 1 saturated heterocycles. The Morgan fingerprint density at radius 3 is 2.61 bits per heavy atom. The van der Waals surface area contributed by atoms with Crippen molar-refractivity contribution in [3.8, 4) is 11.5 Å². The maximum atomic E-state index is 6.65. The van der Waals surface area contributed by atoms with Crippen molar-refractivity contribution in [2.24, 2.45) is 5.10 Å². The Kier molecular flexibility index (Phi) is 4.36. The molecule has 0 aromatic heterocycles. The standard InChI is InChI=1S/C22H24BrN3O2/c1-25-11-9-22(10-12-25)26-20(18-13-16(23)5-8-21(18)28-22)14-19(24-26)15-3-6-17(27-2)7-4-15/h3-8,13,20H,9-12,14H2,1-2H3. The van der Waals surface area contributed by atoms with E-state index in [-0.39, 0.29) is 11.8 Å². The predicted molar refractivity (Wildman–Crippen MR) is 113 cm³/mol. The van der Waals surface area contributed by atoms with Crippen LogP contribution in [-0.4, -0.2) is 48.6 Å². The number of piperidine rings is 1. The average molecular weight is 442 g/mol. The maximum Gasteiger partial charge on any atom is 0.200 e. The summed E-state index contributed by atoms with van der Waals surface area (Å²) in [5, 5.41) is 7.37. The summed E-state index contributed by atoms with van der Waals surface area (Å²) in [6, 6.07) is 14.8. The van der Waals surface area contributed by atoms with Gasteiger partial charge in [0.1, 0.15) is 11.5 Å². The number of hydrogen-bond acceptors (Lipinski definition) is 5. The minimum absolute atomic E-state index is 0.210. The molecule has 28 heavy (non-hydrogen) atoms. The number of benzene rings is 2. The van der Waals surface area contributed by atoms with Crippen LogP contribution in [0.3, 0.4) is 0 Å². The topological polar surface area (TPSA) is 37.3 Å². The molecular formula is C22H24BrN3O2. The second-order valence-electron chi connectivity index (χ2n) is 7.87. The molecule has 0 saturated carbocycles. The fraction of sp³-hybridized carbons (Fsp3) is 0.409. The Balaban J connectivity index is 1.56. The molecule has 5 nitrogen and oxygen atoms in total. The quantitative estimate of drug-likeness (QED) is 0.690. The number of ether oxygens (including phenoxy) is 2. The summed E-state index contributed by atoms with van der Waals surface area (Å²) in [5.41, 5.74) is 3.12. The summed E-state index contributed by atoms with van der Waals surface area (Å²) in [7, 11) is 3.87. The fourth-order valence-electron chi connectivity index (χ4n) is 4.51. The highest BCUT2D eigenvalue weighted by molar-refractivity contribution is 9.10. The second kappa shape index (κ2) is 6.78. The monoisotopic (exact) mass is 441 g/mol. The first kappa shape index (κ1) is 18.0. The van der Waals surface area contributed by atoms with E-state index in [4.69, 9.17) is 14.6 Å². The lowest BCUT2D eigenvalue weighted by Gasteiger charge is -2.50. The van der Waals surface area contributed by atoms with Crippen LogP contribution in [0, 0.1) is 0 Å². The molecule has 1 spiro atoms. The lowest BCUT2D eigenvalue weighted by atomic mass is 9.91. The third-order valence-corrected chi connectivity index (χ3v) is 6.64. The summed E-state index contributed by atoms with van der Waals surface area (Å²) >= 11 is 3.63. The van der Waals surface area contributed by atoms with Gasteiger partial charge in [-0.1, -0.05) is 15.9 Å². The number of rotatable bonds is 2. The molecule has 3 aliphatic heterocycles. The molecule has 1 fully saturated rings. The van der Waals surface area contributed by atoms with Gasteiger partial charge in [-0.15, -0.1) is 0 Å². The van der Waals surface area contributed by atoms with Crippen molar-refractivity contribution < 1.29 is 9.47 Å². The first-order valence-corrected chi connectivity index (χ1v) is 10.6. The first-order chi connectivity index (χ1) is 13.6. The van der Waals surface area contributed by atoms with Crippen molar-refractivity contribution in [3.63, 3.8) is 0 Å². The van der Waals surface area contributed by atoms with Gasteiger partial charge in [-0.3, -0.25) is 0 Å². The van der Waals surface area contributed by atoms with Crippen LogP contribution in [0.2, 0.25) is 0 Å². The van der Waals surface area contributed by atoms with E-state index < -0.39 is 0 Å². The highest BCUT2D eigenvalue weighted by atomic mass is 79.9. The first-order valence-electron chi connectivity index (χ1n) is 9.76. The van der Waals surface area contributed by atoms with Crippen LogP contribution in [-0.2, 0) is 0 Å². The zero-order chi connectivity index (χ0) is 19.3. The number of nitrogens with zero attached hydrogens (tertiary/aromatic N) is 3. The zero-order valence-corrected chi connectivity index (χ0v) is 17.8. The van der Waals surface area contributed by atoms with Gasteiger partial charge in [0.05, 0.1) is 18.9 Å². The Morgan fingerprint density at radius 1 is 1.14 bits per heavy atom. The Morgan fingerprint density at radius 2 is 1.89 bits per heavy atom. The second-order valence-corrected chi connectivity index (χ2v) is 8.79. The van der Waals surface area contributed by atoms with Gasteiger partial charge in [-0.25, -0.2) is 5.01 Å². The summed E-state index contributed by atoms with van der Waals surface area (Å²) in [5.74, 6) is 1.87. The number of hydrazone groups is 1. The number of likely N-dealkylation sites (tertiary alicyclic amines) is 1. The van der Waals surface area contributed by atoms with Crippen LogP contribution >= 0.6 is 15.9 Å². The molecule has 3 heterocycles. The van der Waals surface area contributed by atoms with E-state index in [1.807, 2.05) is 12.1 Å². The molecular weight excluding hydrogens is 418 g/mol. The molecule has 0 aliphatic carbocycles. The normalized spacial score (nSPS) is 23.0. The summed E-state index contributed by atoms with van der Waals surface area (Å²) in [6.45, 7) is 2.03. The minimum atomic E-state index is -0.355. The predicted octanol–water partition coefficient (Wildman–Crippen LogP) is 4.42. The zero-order valence-electron chi connectivity index (χ0n) is 16.2. The van der Waals surface area contributed by atoms with Crippen molar-refractivity contribution in [2.45, 2.75) is 31.0 Å². The average Bonchev–Trinajstić information content (AvgIpc) is 3.18. The van der Waals surface area contributed by atoms with Gasteiger partial charge in [0.2, 0.25) is 5.72 Å². The van der Waals surface area contributed by atoms with Crippen molar-refractivity contribution in [2.75, 3.05) is 27.2 Å². The van der Waals surface area contributed by atoms with Gasteiger partial charge in [-0.05, 0) is 55.1 Å². The Hall–Kier alpha value is -2.05. The van der Waals surface area contributed by atoms with Crippen LogP contribution in [0.15, 0.2) is 52.0 Å². The van der Waals surface area contributed by atoms with E-state index in [9.17, 15) is 0 Å². The van der Waals surface area contributed by atoms with Gasteiger partial charge in [0, 0.05) is 42.4 Å². The molecule has 3 aliphatic rings. The maximum absolute atomic E-state index is 6.65. The number of methoxy groups -OCH3 is 1. The van der Waals surface area contributed by atoms with E-state index in [1.54, 1.807) is 7.11 Å². The van der Waals surface area contributed by atoms with Crippen molar-refractivity contribution >= 4 is 21.6 Å². The van der Waals surface area contributed by atoms with E-state index in [0.717, 1.165) is 59.6 Å². The Labute approximate surface area is 174 Å². The van der Waals surface area contributed by atoms with Gasteiger partial charge in [-0.2, -0.15) is 5.10 Å². The van der Waals surface area contributed by atoms with E-state index in [1.165, 1.54) is 5.56 Å². The molecule has 0 amide bonds. The molecule has 2 aromatic rings. The SMILES string of the molecule is COc1ccc(C2=NN3C(C2)c2cc(Br)ccc2OC32CCN(C)CC2)cc1. The lowest BCUT2D eigenvalue weighted by Crippen LogP contribution is -2.58. The van der Waals surface area contributed by atoms with Crippen LogP contribution in [0.5, 0.6) is 11.5 Å². The number of halogens is 1. The Bertz CT molecular complexity index is 920. The number of hydrogen-bond donors (Lipinski definition) is 0. The summed E-state index contributed by atoms with van der Waals surface area (Å²) in [6.07, 6.45) is 2.79. The largest absolute Gasteiger partial charge is 0.497 e. The van der Waals surface area contributed by atoms with Gasteiger partial charge in [0.25, 0.3) is 0 Å². The van der Waals surface area contributed by atoms with Crippen LogP contribution in [0.25, 0.3) is 0 Å². The van der Waals surface area contributed by atoms with E-state index >= 15 is 0 Å². The van der Waals surface area contributed by atoms with Crippen molar-refractivity contribution in [1.29, 1.82) is 0 Å². The van der Waals surface area contributed by atoms with Gasteiger partial charge < -0.3 is 14.4 Å². The molecule has 2 aromatic carbocycles. The summed E-state index contributed by atoms with van der Waals surface area (Å²) in [4.78, 5) is 2.37. The molecule has 0 N–H and O–H groups in total. The summed E-state index contributed by atoms with van der Waals surface area (Å²) < 4.78 is 13.0. The highest BCUT2D eigenvalue weighted by Crippen LogP contribution is 2.50.